The predicted octanol–water partition coefficient (Wildman–Crippen LogP) is 1.22. The summed E-state index contributed by atoms with van der Waals surface area (Å²) in [5.74, 6) is 0.981. The molecule has 0 aromatic carbocycles. The third-order valence-corrected chi connectivity index (χ3v) is 4.00. The standard InChI is InChI=1S/C11H20N2/c1-11(9-2-3-9)8-13(7-6-12-11)10-4-5-10/h9-10,12H,2-8H2,1H3. The van der Waals surface area contributed by atoms with Crippen LogP contribution in [0.2, 0.25) is 0 Å². The molecule has 2 aliphatic carbocycles. The van der Waals surface area contributed by atoms with Crippen molar-refractivity contribution in [1.29, 1.82) is 0 Å². The van der Waals surface area contributed by atoms with Crippen molar-refractivity contribution in [3.05, 3.63) is 0 Å². The van der Waals surface area contributed by atoms with E-state index in [0.29, 0.717) is 5.54 Å². The van der Waals surface area contributed by atoms with Crippen molar-refractivity contribution < 1.29 is 0 Å². The van der Waals surface area contributed by atoms with Crippen LogP contribution in [0.4, 0.5) is 0 Å². The first kappa shape index (κ1) is 8.25. The first-order chi connectivity index (χ1) is 6.28. The number of piperazine rings is 1. The molecule has 2 saturated carbocycles. The summed E-state index contributed by atoms with van der Waals surface area (Å²) in [7, 11) is 0. The number of hydrogen-bond acceptors (Lipinski definition) is 2. The molecule has 1 N–H and O–H groups in total. The van der Waals surface area contributed by atoms with Gasteiger partial charge in [0.2, 0.25) is 0 Å². The molecule has 0 spiro atoms. The van der Waals surface area contributed by atoms with E-state index in [9.17, 15) is 0 Å². The van der Waals surface area contributed by atoms with Gasteiger partial charge in [-0.2, -0.15) is 0 Å². The van der Waals surface area contributed by atoms with Crippen LogP contribution in [0.15, 0.2) is 0 Å². The van der Waals surface area contributed by atoms with Crippen LogP contribution >= 0.6 is 0 Å². The molecule has 13 heavy (non-hydrogen) atoms. The van der Waals surface area contributed by atoms with E-state index < -0.39 is 0 Å². The first-order valence-corrected chi connectivity index (χ1v) is 5.77. The summed E-state index contributed by atoms with van der Waals surface area (Å²) in [4.78, 5) is 2.72. The van der Waals surface area contributed by atoms with Gasteiger partial charge in [-0.15, -0.1) is 0 Å². The molecule has 2 nitrogen and oxygen atoms in total. The third-order valence-electron chi connectivity index (χ3n) is 4.00. The third kappa shape index (κ3) is 1.50. The highest BCUT2D eigenvalue weighted by atomic mass is 15.3. The Morgan fingerprint density at radius 3 is 2.62 bits per heavy atom. The molecule has 0 bridgehead atoms. The largest absolute Gasteiger partial charge is 0.309 e. The van der Waals surface area contributed by atoms with Gasteiger partial charge in [0.1, 0.15) is 0 Å². The maximum atomic E-state index is 3.73. The normalized spacial score (nSPS) is 42.2. The van der Waals surface area contributed by atoms with Gasteiger partial charge >= 0.3 is 0 Å². The summed E-state index contributed by atoms with van der Waals surface area (Å²) in [5.41, 5.74) is 0.459. The van der Waals surface area contributed by atoms with Gasteiger partial charge in [-0.1, -0.05) is 0 Å². The number of hydrogen-bond donors (Lipinski definition) is 1. The second-order valence-electron chi connectivity index (χ2n) is 5.32. The second-order valence-corrected chi connectivity index (χ2v) is 5.32. The zero-order chi connectivity index (χ0) is 8.89. The van der Waals surface area contributed by atoms with Gasteiger partial charge in [0.15, 0.2) is 0 Å². The molecular formula is C11H20N2. The average molecular weight is 180 g/mol. The highest BCUT2D eigenvalue weighted by Crippen LogP contribution is 2.42. The van der Waals surface area contributed by atoms with Crippen molar-refractivity contribution in [3.8, 4) is 0 Å². The Morgan fingerprint density at radius 2 is 2.00 bits per heavy atom. The van der Waals surface area contributed by atoms with E-state index in [-0.39, 0.29) is 0 Å². The van der Waals surface area contributed by atoms with E-state index in [4.69, 9.17) is 0 Å². The summed E-state index contributed by atoms with van der Waals surface area (Å²) in [6.07, 6.45) is 5.84. The van der Waals surface area contributed by atoms with Crippen LogP contribution in [-0.4, -0.2) is 36.1 Å². The average Bonchev–Trinajstić information content (AvgIpc) is 2.98. The summed E-state index contributed by atoms with van der Waals surface area (Å²) in [5, 5.41) is 3.73. The van der Waals surface area contributed by atoms with E-state index >= 15 is 0 Å². The van der Waals surface area contributed by atoms with Crippen LogP contribution in [0, 0.1) is 5.92 Å². The maximum absolute atomic E-state index is 3.73. The summed E-state index contributed by atoms with van der Waals surface area (Å²) in [6, 6.07) is 0.958. The molecule has 2 heteroatoms. The molecule has 1 heterocycles. The molecule has 3 aliphatic rings. The van der Waals surface area contributed by atoms with Gasteiger partial charge in [-0.25, -0.2) is 0 Å². The lowest BCUT2D eigenvalue weighted by molar-refractivity contribution is 0.121. The summed E-state index contributed by atoms with van der Waals surface area (Å²) in [6.45, 7) is 6.23. The Labute approximate surface area is 80.7 Å². The van der Waals surface area contributed by atoms with Gasteiger partial charge in [0.05, 0.1) is 0 Å². The van der Waals surface area contributed by atoms with Crippen molar-refractivity contribution in [1.82, 2.24) is 10.2 Å². The Balaban J connectivity index is 1.67. The highest BCUT2D eigenvalue weighted by Gasteiger charge is 2.46. The van der Waals surface area contributed by atoms with Gasteiger partial charge in [-0.05, 0) is 38.5 Å². The monoisotopic (exact) mass is 180 g/mol. The fraction of sp³-hybridized carbons (Fsp3) is 1.00. The van der Waals surface area contributed by atoms with E-state index in [1.807, 2.05) is 0 Å². The molecule has 0 aromatic rings. The Kier molecular flexibility index (Phi) is 1.72. The Hall–Kier alpha value is -0.0800. The minimum absolute atomic E-state index is 0.459. The second kappa shape index (κ2) is 2.71. The Morgan fingerprint density at radius 1 is 1.23 bits per heavy atom. The van der Waals surface area contributed by atoms with Gasteiger partial charge in [0.25, 0.3) is 0 Å². The van der Waals surface area contributed by atoms with E-state index in [1.165, 1.54) is 45.3 Å². The molecule has 3 rings (SSSR count). The van der Waals surface area contributed by atoms with Crippen molar-refractivity contribution in [2.24, 2.45) is 5.92 Å². The van der Waals surface area contributed by atoms with Crippen LogP contribution < -0.4 is 5.32 Å². The van der Waals surface area contributed by atoms with Crippen LogP contribution in [0.25, 0.3) is 0 Å². The summed E-state index contributed by atoms with van der Waals surface area (Å²) >= 11 is 0. The summed E-state index contributed by atoms with van der Waals surface area (Å²) < 4.78 is 0. The molecular weight excluding hydrogens is 160 g/mol. The zero-order valence-electron chi connectivity index (χ0n) is 8.55. The van der Waals surface area contributed by atoms with Crippen LogP contribution in [-0.2, 0) is 0 Å². The molecule has 1 saturated heterocycles. The zero-order valence-corrected chi connectivity index (χ0v) is 8.55. The molecule has 1 aliphatic heterocycles. The SMILES string of the molecule is CC1(C2CC2)CN(C2CC2)CCN1. The van der Waals surface area contributed by atoms with E-state index in [0.717, 1.165) is 12.0 Å². The van der Waals surface area contributed by atoms with Crippen molar-refractivity contribution >= 4 is 0 Å². The lowest BCUT2D eigenvalue weighted by Gasteiger charge is -2.42. The van der Waals surface area contributed by atoms with Gasteiger partial charge in [0, 0.05) is 31.2 Å². The minimum Gasteiger partial charge on any atom is -0.309 e. The molecule has 1 unspecified atom stereocenters. The number of rotatable bonds is 2. The molecule has 0 amide bonds. The fourth-order valence-corrected chi connectivity index (χ4v) is 2.79. The molecule has 0 radical (unpaired) electrons. The molecule has 0 aromatic heterocycles. The highest BCUT2D eigenvalue weighted by molar-refractivity contribution is 5.04. The van der Waals surface area contributed by atoms with Crippen LogP contribution in [0.3, 0.4) is 0 Å². The quantitative estimate of drug-likeness (QED) is 0.687. The maximum Gasteiger partial charge on any atom is 0.0309 e. The minimum atomic E-state index is 0.459. The Bertz CT molecular complexity index is 208. The van der Waals surface area contributed by atoms with Crippen molar-refractivity contribution in [2.75, 3.05) is 19.6 Å². The van der Waals surface area contributed by atoms with E-state index in [2.05, 4.69) is 17.1 Å². The van der Waals surface area contributed by atoms with Crippen molar-refractivity contribution in [3.63, 3.8) is 0 Å². The van der Waals surface area contributed by atoms with E-state index in [1.54, 1.807) is 0 Å². The molecule has 74 valence electrons. The number of nitrogens with zero attached hydrogens (tertiary/aromatic N) is 1. The lowest BCUT2D eigenvalue weighted by Crippen LogP contribution is -2.60. The van der Waals surface area contributed by atoms with Crippen molar-refractivity contribution in [2.45, 2.75) is 44.2 Å². The number of nitrogens with one attached hydrogen (secondary N) is 1. The predicted molar refractivity (Wildman–Crippen MR) is 53.7 cm³/mol. The van der Waals surface area contributed by atoms with Crippen LogP contribution in [0.5, 0.6) is 0 Å². The molecule has 3 fully saturated rings. The first-order valence-electron chi connectivity index (χ1n) is 5.77. The van der Waals surface area contributed by atoms with Gasteiger partial charge in [-0.3, -0.25) is 4.90 Å². The van der Waals surface area contributed by atoms with Gasteiger partial charge < -0.3 is 5.32 Å². The van der Waals surface area contributed by atoms with Crippen LogP contribution in [0.1, 0.15) is 32.6 Å². The fourth-order valence-electron chi connectivity index (χ4n) is 2.79. The topological polar surface area (TPSA) is 15.3 Å². The smallest absolute Gasteiger partial charge is 0.0309 e. The molecule has 1 atom stereocenters. The lowest BCUT2D eigenvalue weighted by atomic mass is 9.93.